The number of halogens is 2. The van der Waals surface area contributed by atoms with Crippen molar-refractivity contribution in [2.75, 3.05) is 4.90 Å². The average molecular weight is 410 g/mol. The molecule has 0 aliphatic rings. The van der Waals surface area contributed by atoms with Gasteiger partial charge < -0.3 is 0 Å². The van der Waals surface area contributed by atoms with E-state index in [1.165, 1.54) is 23.1 Å². The first kappa shape index (κ1) is 20.1. The van der Waals surface area contributed by atoms with Crippen LogP contribution in [0.25, 0.3) is 6.08 Å². The minimum atomic E-state index is -0.617. The molecule has 0 aromatic heterocycles. The van der Waals surface area contributed by atoms with Gasteiger partial charge in [-0.1, -0.05) is 54.1 Å². The summed E-state index contributed by atoms with van der Waals surface area (Å²) < 4.78 is 13.8. The van der Waals surface area contributed by atoms with Crippen molar-refractivity contribution in [2.45, 2.75) is 0 Å². The predicted octanol–water partition coefficient (Wildman–Crippen LogP) is 5.07. The summed E-state index contributed by atoms with van der Waals surface area (Å²) in [5.74, 6) is -1.17. The molecule has 7 heteroatoms. The fraction of sp³-hybridized carbons (Fsp3) is 0. The van der Waals surface area contributed by atoms with E-state index >= 15 is 0 Å². The normalized spacial score (nSPS) is 10.6. The van der Waals surface area contributed by atoms with Crippen LogP contribution in [0.5, 0.6) is 0 Å². The van der Waals surface area contributed by atoms with Gasteiger partial charge in [-0.2, -0.15) is 0 Å². The molecule has 0 spiro atoms. The van der Waals surface area contributed by atoms with E-state index in [0.29, 0.717) is 11.4 Å². The van der Waals surface area contributed by atoms with Crippen LogP contribution in [0.1, 0.15) is 5.56 Å². The number of hydrogen-bond donors (Lipinski definition) is 2. The number of carbonyl (C=O) groups excluding carboxylic acids is 2. The molecule has 0 aliphatic heterocycles. The second-order valence-corrected chi connectivity index (χ2v) is 6.36. The van der Waals surface area contributed by atoms with Crippen molar-refractivity contribution in [1.29, 1.82) is 0 Å². The Balaban J connectivity index is 1.68. The van der Waals surface area contributed by atoms with Crippen LogP contribution in [0, 0.1) is 5.82 Å². The van der Waals surface area contributed by atoms with Crippen LogP contribution < -0.4 is 15.8 Å². The van der Waals surface area contributed by atoms with E-state index in [4.69, 9.17) is 11.6 Å². The van der Waals surface area contributed by atoms with Gasteiger partial charge in [-0.25, -0.2) is 14.6 Å². The van der Waals surface area contributed by atoms with Gasteiger partial charge in [-0.05, 0) is 42.5 Å². The molecule has 5 nitrogen and oxygen atoms in total. The molecule has 0 atom stereocenters. The Kier molecular flexibility index (Phi) is 6.60. The SMILES string of the molecule is O=C(/C=C/c1ccc(Cl)cc1F)NNC(=O)N(c1ccccc1)c1ccccc1. The highest BCUT2D eigenvalue weighted by Crippen LogP contribution is 2.24. The van der Waals surface area contributed by atoms with Crippen LogP contribution in [0.3, 0.4) is 0 Å². The van der Waals surface area contributed by atoms with Crippen LogP contribution in [-0.4, -0.2) is 11.9 Å². The molecule has 0 saturated carbocycles. The maximum absolute atomic E-state index is 13.8. The van der Waals surface area contributed by atoms with Crippen molar-refractivity contribution in [3.05, 3.63) is 101 Å². The molecule has 3 aromatic carbocycles. The summed E-state index contributed by atoms with van der Waals surface area (Å²) in [6.45, 7) is 0. The first-order chi connectivity index (χ1) is 14.0. The molecule has 0 aliphatic carbocycles. The van der Waals surface area contributed by atoms with E-state index in [1.54, 1.807) is 48.5 Å². The zero-order chi connectivity index (χ0) is 20.6. The first-order valence-corrected chi connectivity index (χ1v) is 9.06. The molecule has 3 rings (SSSR count). The monoisotopic (exact) mass is 409 g/mol. The summed E-state index contributed by atoms with van der Waals surface area (Å²) >= 11 is 5.70. The molecule has 0 saturated heterocycles. The van der Waals surface area contributed by atoms with E-state index in [9.17, 15) is 14.0 Å². The lowest BCUT2D eigenvalue weighted by atomic mass is 10.2. The average Bonchev–Trinajstić information content (AvgIpc) is 2.73. The molecule has 0 fully saturated rings. The lowest BCUT2D eigenvalue weighted by molar-refractivity contribution is -0.117. The Morgan fingerprint density at radius 3 is 2.00 bits per heavy atom. The number of urea groups is 1. The van der Waals surface area contributed by atoms with Gasteiger partial charge in [0, 0.05) is 16.7 Å². The largest absolute Gasteiger partial charge is 0.345 e. The highest BCUT2D eigenvalue weighted by molar-refractivity contribution is 6.30. The number of hydrogen-bond acceptors (Lipinski definition) is 2. The Labute approximate surface area is 172 Å². The van der Waals surface area contributed by atoms with Gasteiger partial charge in [-0.3, -0.25) is 15.1 Å². The summed E-state index contributed by atoms with van der Waals surface area (Å²) in [7, 11) is 0. The van der Waals surface area contributed by atoms with Gasteiger partial charge in [0.25, 0.3) is 5.91 Å². The van der Waals surface area contributed by atoms with Crippen LogP contribution in [0.4, 0.5) is 20.6 Å². The van der Waals surface area contributed by atoms with E-state index in [2.05, 4.69) is 10.9 Å². The summed E-state index contributed by atoms with van der Waals surface area (Å²) in [5.41, 5.74) is 6.11. The predicted molar refractivity (Wildman–Crippen MR) is 112 cm³/mol. The lowest BCUT2D eigenvalue weighted by Gasteiger charge is -2.23. The quantitative estimate of drug-likeness (QED) is 0.466. The number of nitrogens with one attached hydrogen (secondary N) is 2. The standard InChI is InChI=1S/C22H17ClFN3O2/c23-17-13-11-16(20(24)15-17)12-14-21(28)25-26-22(29)27(18-7-3-1-4-8-18)19-9-5-2-6-10-19/h1-15H,(H,25,28)(H,26,29)/b14-12+. The van der Waals surface area contributed by atoms with E-state index in [1.807, 2.05) is 12.1 Å². The number of hydrazine groups is 1. The highest BCUT2D eigenvalue weighted by Gasteiger charge is 2.17. The van der Waals surface area contributed by atoms with Gasteiger partial charge in [0.2, 0.25) is 0 Å². The molecule has 29 heavy (non-hydrogen) atoms. The zero-order valence-electron chi connectivity index (χ0n) is 15.2. The van der Waals surface area contributed by atoms with Crippen molar-refractivity contribution < 1.29 is 14.0 Å². The summed E-state index contributed by atoms with van der Waals surface area (Å²) in [5, 5.41) is 0.262. The van der Waals surface area contributed by atoms with Gasteiger partial charge in [0.1, 0.15) is 5.82 Å². The summed E-state index contributed by atoms with van der Waals surface area (Å²) in [6.07, 6.45) is 2.40. The van der Waals surface area contributed by atoms with Crippen molar-refractivity contribution in [3.8, 4) is 0 Å². The number of amides is 3. The molecule has 146 valence electrons. The lowest BCUT2D eigenvalue weighted by Crippen LogP contribution is -2.47. The molecular formula is C22H17ClFN3O2. The van der Waals surface area contributed by atoms with Crippen molar-refractivity contribution in [1.82, 2.24) is 10.9 Å². The third-order valence-corrected chi connectivity index (χ3v) is 4.14. The number of rotatable bonds is 4. The Hall–Kier alpha value is -3.64. The fourth-order valence-corrected chi connectivity index (χ4v) is 2.71. The van der Waals surface area contributed by atoms with Gasteiger partial charge >= 0.3 is 6.03 Å². The number of para-hydroxylation sites is 2. The van der Waals surface area contributed by atoms with E-state index in [0.717, 1.165) is 12.1 Å². The Morgan fingerprint density at radius 1 is 0.862 bits per heavy atom. The van der Waals surface area contributed by atoms with Gasteiger partial charge in [-0.15, -0.1) is 0 Å². The smallest absolute Gasteiger partial charge is 0.268 e. The minimum Gasteiger partial charge on any atom is -0.268 e. The van der Waals surface area contributed by atoms with Gasteiger partial charge in [0.15, 0.2) is 0 Å². The van der Waals surface area contributed by atoms with Crippen LogP contribution in [0.15, 0.2) is 84.9 Å². The van der Waals surface area contributed by atoms with Crippen molar-refractivity contribution in [3.63, 3.8) is 0 Å². The minimum absolute atomic E-state index is 0.200. The van der Waals surface area contributed by atoms with Gasteiger partial charge in [0.05, 0.1) is 11.4 Å². The van der Waals surface area contributed by atoms with Crippen LogP contribution in [-0.2, 0) is 4.79 Å². The van der Waals surface area contributed by atoms with Crippen LogP contribution >= 0.6 is 11.6 Å². The summed E-state index contributed by atoms with van der Waals surface area (Å²) in [6, 6.07) is 21.6. The number of anilines is 2. The third kappa shape index (κ3) is 5.43. The molecule has 0 bridgehead atoms. The van der Waals surface area contributed by atoms with Crippen molar-refractivity contribution in [2.24, 2.45) is 0 Å². The molecule has 2 N–H and O–H groups in total. The molecular weight excluding hydrogens is 393 g/mol. The molecule has 0 unspecified atom stereocenters. The highest BCUT2D eigenvalue weighted by atomic mass is 35.5. The Bertz CT molecular complexity index is 987. The number of benzene rings is 3. The molecule has 0 radical (unpaired) electrons. The molecule has 3 amide bonds. The number of carbonyl (C=O) groups is 2. The topological polar surface area (TPSA) is 61.4 Å². The van der Waals surface area contributed by atoms with Crippen LogP contribution in [0.2, 0.25) is 5.02 Å². The second kappa shape index (κ2) is 9.52. The maximum Gasteiger partial charge on any atom is 0.345 e. The first-order valence-electron chi connectivity index (χ1n) is 8.68. The van der Waals surface area contributed by atoms with E-state index in [-0.39, 0.29) is 10.6 Å². The summed E-state index contributed by atoms with van der Waals surface area (Å²) in [4.78, 5) is 26.2. The van der Waals surface area contributed by atoms with Crippen molar-refractivity contribution >= 4 is 41.0 Å². The van der Waals surface area contributed by atoms with E-state index < -0.39 is 17.8 Å². The maximum atomic E-state index is 13.8. The number of nitrogens with zero attached hydrogens (tertiary/aromatic N) is 1. The zero-order valence-corrected chi connectivity index (χ0v) is 15.9. The molecule has 0 heterocycles. The fourth-order valence-electron chi connectivity index (χ4n) is 2.55. The second-order valence-electron chi connectivity index (χ2n) is 5.93. The molecule has 3 aromatic rings. The third-order valence-electron chi connectivity index (χ3n) is 3.90. The Morgan fingerprint density at radius 2 is 1.45 bits per heavy atom.